The van der Waals surface area contributed by atoms with Gasteiger partial charge in [-0.05, 0) is 32.2 Å². The summed E-state index contributed by atoms with van der Waals surface area (Å²) in [6, 6.07) is 0. The monoisotopic (exact) mass is 242 g/mol. The van der Waals surface area contributed by atoms with E-state index in [0.29, 0.717) is 12.5 Å². The molecule has 4 nitrogen and oxygen atoms in total. The zero-order chi connectivity index (χ0) is 12.7. The molecule has 1 heterocycles. The number of nitrogens with zero attached hydrogens (tertiary/aromatic N) is 2. The third kappa shape index (κ3) is 4.64. The molecule has 1 aliphatic heterocycles. The van der Waals surface area contributed by atoms with Gasteiger partial charge in [-0.2, -0.15) is 0 Å². The second-order valence-corrected chi connectivity index (χ2v) is 4.90. The van der Waals surface area contributed by atoms with Crippen LogP contribution in [0.2, 0.25) is 0 Å². The largest absolute Gasteiger partial charge is 0.396 e. The Labute approximate surface area is 105 Å². The number of rotatable bonds is 7. The Hall–Kier alpha value is -0.610. The summed E-state index contributed by atoms with van der Waals surface area (Å²) in [6.07, 6.45) is 3.23. The number of aliphatic hydroxyl groups is 1. The summed E-state index contributed by atoms with van der Waals surface area (Å²) in [6.45, 7) is 8.44. The second-order valence-electron chi connectivity index (χ2n) is 4.90. The van der Waals surface area contributed by atoms with Crippen LogP contribution in [0.5, 0.6) is 0 Å². The molecule has 1 atom stereocenters. The Bertz CT molecular complexity index is 233. The van der Waals surface area contributed by atoms with Crippen molar-refractivity contribution in [2.45, 2.75) is 33.1 Å². The standard InChI is InChI=1S/C13H26N2O2/c1-3-5-7-15(4-2)13(17)10-14-8-6-12(9-14)11-16/h12,16H,3-11H2,1-2H3/t12-/m0/s1. The van der Waals surface area contributed by atoms with E-state index in [1.54, 1.807) is 0 Å². The van der Waals surface area contributed by atoms with Gasteiger partial charge in [0.1, 0.15) is 0 Å². The van der Waals surface area contributed by atoms with Gasteiger partial charge in [0.05, 0.1) is 6.54 Å². The van der Waals surface area contributed by atoms with Gasteiger partial charge in [-0.25, -0.2) is 0 Å². The van der Waals surface area contributed by atoms with E-state index in [9.17, 15) is 4.79 Å². The molecule has 1 fully saturated rings. The van der Waals surface area contributed by atoms with Crippen LogP contribution >= 0.6 is 0 Å². The molecule has 1 amide bonds. The van der Waals surface area contributed by atoms with Crippen molar-refractivity contribution >= 4 is 5.91 Å². The highest BCUT2D eigenvalue weighted by molar-refractivity contribution is 5.78. The molecule has 1 N–H and O–H groups in total. The van der Waals surface area contributed by atoms with E-state index in [-0.39, 0.29) is 12.5 Å². The van der Waals surface area contributed by atoms with Gasteiger partial charge in [0.25, 0.3) is 0 Å². The molecule has 0 spiro atoms. The first kappa shape index (κ1) is 14.5. The number of likely N-dealkylation sites (N-methyl/N-ethyl adjacent to an activating group) is 1. The minimum atomic E-state index is 0.236. The number of likely N-dealkylation sites (tertiary alicyclic amines) is 1. The number of aliphatic hydroxyl groups excluding tert-OH is 1. The van der Waals surface area contributed by atoms with Crippen molar-refractivity contribution in [3.05, 3.63) is 0 Å². The molecular weight excluding hydrogens is 216 g/mol. The summed E-state index contributed by atoms with van der Waals surface area (Å²) in [4.78, 5) is 16.2. The maximum atomic E-state index is 12.1. The summed E-state index contributed by atoms with van der Waals surface area (Å²) < 4.78 is 0. The number of hydrogen-bond donors (Lipinski definition) is 1. The number of amides is 1. The Kier molecular flexibility index (Phi) is 6.52. The van der Waals surface area contributed by atoms with Gasteiger partial charge >= 0.3 is 0 Å². The van der Waals surface area contributed by atoms with Crippen LogP contribution in [0.15, 0.2) is 0 Å². The van der Waals surface area contributed by atoms with Crippen LogP contribution in [0.4, 0.5) is 0 Å². The fraction of sp³-hybridized carbons (Fsp3) is 0.923. The summed E-state index contributed by atoms with van der Waals surface area (Å²) in [5, 5.41) is 9.07. The number of hydrogen-bond acceptors (Lipinski definition) is 3. The van der Waals surface area contributed by atoms with E-state index >= 15 is 0 Å². The second kappa shape index (κ2) is 7.67. The Morgan fingerprint density at radius 1 is 1.47 bits per heavy atom. The predicted octanol–water partition coefficient (Wildman–Crippen LogP) is 0.949. The normalized spacial score (nSPS) is 20.8. The van der Waals surface area contributed by atoms with Gasteiger partial charge in [-0.3, -0.25) is 9.69 Å². The lowest BCUT2D eigenvalue weighted by Gasteiger charge is -2.24. The highest BCUT2D eigenvalue weighted by atomic mass is 16.3. The van der Waals surface area contributed by atoms with Gasteiger partial charge in [-0.15, -0.1) is 0 Å². The molecule has 0 bridgehead atoms. The zero-order valence-corrected chi connectivity index (χ0v) is 11.2. The highest BCUT2D eigenvalue weighted by Gasteiger charge is 2.24. The van der Waals surface area contributed by atoms with Gasteiger partial charge in [0.15, 0.2) is 0 Å². The lowest BCUT2D eigenvalue weighted by atomic mass is 10.1. The fourth-order valence-corrected chi connectivity index (χ4v) is 2.30. The number of carbonyl (C=O) groups is 1. The van der Waals surface area contributed by atoms with Gasteiger partial charge in [0, 0.05) is 26.2 Å². The van der Waals surface area contributed by atoms with Crippen molar-refractivity contribution in [3.8, 4) is 0 Å². The van der Waals surface area contributed by atoms with Crippen LogP contribution in [0, 0.1) is 5.92 Å². The van der Waals surface area contributed by atoms with Crippen molar-refractivity contribution in [1.82, 2.24) is 9.80 Å². The third-order valence-electron chi connectivity index (χ3n) is 3.50. The smallest absolute Gasteiger partial charge is 0.236 e. The molecule has 0 aromatic rings. The molecule has 0 aromatic carbocycles. The molecule has 1 aliphatic rings. The Balaban J connectivity index is 2.31. The van der Waals surface area contributed by atoms with Crippen LogP contribution in [0.1, 0.15) is 33.1 Å². The van der Waals surface area contributed by atoms with Crippen molar-refractivity contribution in [1.29, 1.82) is 0 Å². The fourth-order valence-electron chi connectivity index (χ4n) is 2.30. The van der Waals surface area contributed by atoms with Gasteiger partial charge in [0.2, 0.25) is 5.91 Å². The molecule has 0 saturated carbocycles. The SMILES string of the molecule is CCCCN(CC)C(=O)CN1CC[C@H](CO)C1. The first-order chi connectivity index (χ1) is 8.21. The number of carbonyl (C=O) groups excluding carboxylic acids is 1. The molecule has 0 aromatic heterocycles. The average molecular weight is 242 g/mol. The van der Waals surface area contributed by atoms with E-state index in [1.165, 1.54) is 0 Å². The first-order valence-corrected chi connectivity index (χ1v) is 6.82. The van der Waals surface area contributed by atoms with Crippen LogP contribution < -0.4 is 0 Å². The molecule has 1 saturated heterocycles. The maximum Gasteiger partial charge on any atom is 0.236 e. The first-order valence-electron chi connectivity index (χ1n) is 6.82. The van der Waals surface area contributed by atoms with E-state index in [0.717, 1.165) is 45.4 Å². The third-order valence-corrected chi connectivity index (χ3v) is 3.50. The van der Waals surface area contributed by atoms with Crippen molar-refractivity contribution < 1.29 is 9.90 Å². The molecule has 100 valence electrons. The molecule has 1 rings (SSSR count). The topological polar surface area (TPSA) is 43.8 Å². The maximum absolute atomic E-state index is 12.1. The molecule has 0 aliphatic carbocycles. The van der Waals surface area contributed by atoms with Crippen molar-refractivity contribution in [2.75, 3.05) is 39.3 Å². The molecule has 0 unspecified atom stereocenters. The summed E-state index contributed by atoms with van der Waals surface area (Å²) in [5.41, 5.74) is 0. The highest BCUT2D eigenvalue weighted by Crippen LogP contribution is 2.15. The molecular formula is C13H26N2O2. The summed E-state index contributed by atoms with van der Waals surface area (Å²) in [7, 11) is 0. The minimum Gasteiger partial charge on any atom is -0.396 e. The van der Waals surface area contributed by atoms with Crippen LogP contribution in [-0.2, 0) is 4.79 Å². The van der Waals surface area contributed by atoms with E-state index in [1.807, 2.05) is 11.8 Å². The summed E-state index contributed by atoms with van der Waals surface area (Å²) >= 11 is 0. The zero-order valence-electron chi connectivity index (χ0n) is 11.2. The summed E-state index contributed by atoms with van der Waals surface area (Å²) in [5.74, 6) is 0.605. The quantitative estimate of drug-likeness (QED) is 0.723. The van der Waals surface area contributed by atoms with Crippen LogP contribution in [0.25, 0.3) is 0 Å². The minimum absolute atomic E-state index is 0.236. The van der Waals surface area contributed by atoms with Crippen LogP contribution in [0.3, 0.4) is 0 Å². The van der Waals surface area contributed by atoms with Gasteiger partial charge in [-0.1, -0.05) is 13.3 Å². The van der Waals surface area contributed by atoms with E-state index in [2.05, 4.69) is 11.8 Å². The Morgan fingerprint density at radius 2 is 2.24 bits per heavy atom. The number of unbranched alkanes of at least 4 members (excludes halogenated alkanes) is 1. The van der Waals surface area contributed by atoms with E-state index in [4.69, 9.17) is 5.11 Å². The molecule has 4 heteroatoms. The van der Waals surface area contributed by atoms with Crippen molar-refractivity contribution in [2.24, 2.45) is 5.92 Å². The van der Waals surface area contributed by atoms with Crippen molar-refractivity contribution in [3.63, 3.8) is 0 Å². The van der Waals surface area contributed by atoms with Gasteiger partial charge < -0.3 is 10.0 Å². The lowest BCUT2D eigenvalue weighted by Crippen LogP contribution is -2.40. The predicted molar refractivity (Wildman–Crippen MR) is 68.8 cm³/mol. The Morgan fingerprint density at radius 3 is 2.76 bits per heavy atom. The average Bonchev–Trinajstić information content (AvgIpc) is 2.77. The molecule has 17 heavy (non-hydrogen) atoms. The van der Waals surface area contributed by atoms with E-state index < -0.39 is 0 Å². The van der Waals surface area contributed by atoms with Crippen LogP contribution in [-0.4, -0.2) is 60.1 Å². The lowest BCUT2D eigenvalue weighted by molar-refractivity contribution is -0.132. The molecule has 0 radical (unpaired) electrons.